The topological polar surface area (TPSA) is 71.5 Å². The minimum Gasteiger partial charge on any atom is -0.475 e. The summed E-state index contributed by atoms with van der Waals surface area (Å²) in [5.74, 6) is -2.53. The van der Waals surface area contributed by atoms with Gasteiger partial charge >= 0.3 is 18.3 Å². The van der Waals surface area contributed by atoms with Gasteiger partial charge in [0.25, 0.3) is 0 Å². The van der Waals surface area contributed by atoms with Crippen molar-refractivity contribution in [3.05, 3.63) is 23.9 Å². The van der Waals surface area contributed by atoms with Crippen LogP contribution in [0.2, 0.25) is 0 Å². The number of carboxylic acid groups (broad SMARTS) is 1. The number of carbonyl (C=O) groups is 1. The van der Waals surface area contributed by atoms with Crippen molar-refractivity contribution < 1.29 is 41.0 Å². The maximum absolute atomic E-state index is 12.2. The summed E-state index contributed by atoms with van der Waals surface area (Å²) in [5, 5.41) is 10.1. The number of aliphatic carboxylic acids is 1. The van der Waals surface area contributed by atoms with E-state index in [9.17, 15) is 26.3 Å². The lowest BCUT2D eigenvalue weighted by Crippen LogP contribution is -2.50. The van der Waals surface area contributed by atoms with Crippen LogP contribution in [0, 0.1) is 0 Å². The molecule has 0 spiro atoms. The minimum absolute atomic E-state index is 0.0224. The largest absolute Gasteiger partial charge is 0.490 e. The predicted molar refractivity (Wildman–Crippen MR) is 60.2 cm³/mol. The van der Waals surface area contributed by atoms with Crippen LogP contribution in [0.1, 0.15) is 5.56 Å². The number of nitrogens with zero attached hydrogens (tertiary/aromatic N) is 1. The fourth-order valence-corrected chi connectivity index (χ4v) is 1.13. The SMILES string of the molecule is FC(F)(F)c1ccc(OC2CNC2)nc1.O=C(O)C(F)(F)F. The molecule has 0 unspecified atom stereocenters. The van der Waals surface area contributed by atoms with Crippen molar-refractivity contribution in [1.82, 2.24) is 10.3 Å². The van der Waals surface area contributed by atoms with Gasteiger partial charge in [-0.3, -0.25) is 0 Å². The number of carboxylic acids is 1. The molecule has 1 aliphatic heterocycles. The minimum atomic E-state index is -5.08. The maximum atomic E-state index is 12.2. The van der Waals surface area contributed by atoms with E-state index in [0.29, 0.717) is 13.1 Å². The molecule has 0 bridgehead atoms. The van der Waals surface area contributed by atoms with Crippen molar-refractivity contribution in [2.24, 2.45) is 0 Å². The molecule has 22 heavy (non-hydrogen) atoms. The molecule has 0 amide bonds. The first kappa shape index (κ1) is 18.0. The Hall–Kier alpha value is -2.04. The standard InChI is InChI=1S/C9H9F3N2O.C2HF3O2/c10-9(11,12)6-1-2-8(14-3-6)15-7-4-13-5-7;3-2(4,5)1(6)7/h1-3,7,13H,4-5H2;(H,6,7). The molecule has 1 fully saturated rings. The highest BCUT2D eigenvalue weighted by atomic mass is 19.4. The number of halogens is 6. The third kappa shape index (κ3) is 5.76. The van der Waals surface area contributed by atoms with E-state index in [0.717, 1.165) is 12.3 Å². The third-order valence-corrected chi connectivity index (χ3v) is 2.34. The van der Waals surface area contributed by atoms with Crippen molar-refractivity contribution in [3.63, 3.8) is 0 Å². The zero-order valence-electron chi connectivity index (χ0n) is 10.7. The number of ether oxygens (including phenoxy) is 1. The monoisotopic (exact) mass is 332 g/mol. The molecular weight excluding hydrogens is 322 g/mol. The van der Waals surface area contributed by atoms with Gasteiger partial charge in [-0.05, 0) is 6.07 Å². The number of alkyl halides is 6. The van der Waals surface area contributed by atoms with Crippen LogP contribution in [0.15, 0.2) is 18.3 Å². The Labute approximate surface area is 119 Å². The highest BCUT2D eigenvalue weighted by Crippen LogP contribution is 2.29. The molecule has 0 saturated carbocycles. The molecule has 2 rings (SSSR count). The lowest BCUT2D eigenvalue weighted by molar-refractivity contribution is -0.192. The number of nitrogens with one attached hydrogen (secondary N) is 1. The molecule has 1 aromatic rings. The molecule has 2 heterocycles. The van der Waals surface area contributed by atoms with Crippen molar-refractivity contribution in [2.45, 2.75) is 18.5 Å². The van der Waals surface area contributed by atoms with Crippen LogP contribution in [0.3, 0.4) is 0 Å². The normalized spacial score (nSPS) is 15.4. The Morgan fingerprint density at radius 1 is 1.23 bits per heavy atom. The second-order valence-electron chi connectivity index (χ2n) is 4.08. The second-order valence-corrected chi connectivity index (χ2v) is 4.08. The van der Waals surface area contributed by atoms with Gasteiger partial charge in [-0.1, -0.05) is 0 Å². The Morgan fingerprint density at radius 3 is 2.05 bits per heavy atom. The number of hydrogen-bond donors (Lipinski definition) is 2. The van der Waals surface area contributed by atoms with Gasteiger partial charge < -0.3 is 15.2 Å². The first-order valence-corrected chi connectivity index (χ1v) is 5.71. The summed E-state index contributed by atoms with van der Waals surface area (Å²) in [6.45, 7) is 1.42. The van der Waals surface area contributed by atoms with Crippen molar-refractivity contribution >= 4 is 5.97 Å². The molecule has 5 nitrogen and oxygen atoms in total. The molecule has 1 aromatic heterocycles. The summed E-state index contributed by atoms with van der Waals surface area (Å²) < 4.78 is 73.5. The van der Waals surface area contributed by atoms with Crippen LogP contribution in [0.5, 0.6) is 5.88 Å². The van der Waals surface area contributed by atoms with Gasteiger partial charge in [0.05, 0.1) is 5.56 Å². The molecule has 0 radical (unpaired) electrons. The fourth-order valence-electron chi connectivity index (χ4n) is 1.13. The lowest BCUT2D eigenvalue weighted by atomic mass is 10.2. The average molecular weight is 332 g/mol. The van der Waals surface area contributed by atoms with Gasteiger partial charge in [0.15, 0.2) is 0 Å². The van der Waals surface area contributed by atoms with Crippen LogP contribution in [-0.4, -0.2) is 41.4 Å². The molecule has 0 aliphatic carbocycles. The van der Waals surface area contributed by atoms with Gasteiger partial charge in [0, 0.05) is 25.4 Å². The summed E-state index contributed by atoms with van der Waals surface area (Å²) in [5.41, 5.74) is -0.762. The van der Waals surface area contributed by atoms with Gasteiger partial charge in [0.1, 0.15) is 6.10 Å². The summed E-state index contributed by atoms with van der Waals surface area (Å²) in [7, 11) is 0. The highest BCUT2D eigenvalue weighted by Gasteiger charge is 2.38. The zero-order valence-corrected chi connectivity index (χ0v) is 10.7. The van der Waals surface area contributed by atoms with Crippen LogP contribution in [0.25, 0.3) is 0 Å². The van der Waals surface area contributed by atoms with Crippen LogP contribution >= 0.6 is 0 Å². The number of aromatic nitrogens is 1. The zero-order chi connectivity index (χ0) is 17.0. The van der Waals surface area contributed by atoms with Gasteiger partial charge in [-0.2, -0.15) is 26.3 Å². The van der Waals surface area contributed by atoms with E-state index in [1.54, 1.807) is 0 Å². The van der Waals surface area contributed by atoms with Crippen LogP contribution in [0.4, 0.5) is 26.3 Å². The molecule has 1 aliphatic rings. The van der Waals surface area contributed by atoms with Crippen molar-refractivity contribution in [2.75, 3.05) is 13.1 Å². The summed E-state index contributed by atoms with van der Waals surface area (Å²) in [4.78, 5) is 12.5. The van der Waals surface area contributed by atoms with E-state index < -0.39 is 23.9 Å². The average Bonchev–Trinajstić information content (AvgIpc) is 2.33. The third-order valence-electron chi connectivity index (χ3n) is 2.34. The molecule has 11 heteroatoms. The summed E-state index contributed by atoms with van der Waals surface area (Å²) in [6.07, 6.45) is -8.63. The van der Waals surface area contributed by atoms with Crippen LogP contribution in [-0.2, 0) is 11.0 Å². The predicted octanol–water partition coefficient (Wildman–Crippen LogP) is 2.08. The first-order chi connectivity index (χ1) is 10.00. The van der Waals surface area contributed by atoms with E-state index in [2.05, 4.69) is 10.3 Å². The van der Waals surface area contributed by atoms with E-state index in [1.807, 2.05) is 0 Å². The van der Waals surface area contributed by atoms with Crippen molar-refractivity contribution in [1.29, 1.82) is 0 Å². The lowest BCUT2D eigenvalue weighted by Gasteiger charge is -2.27. The van der Waals surface area contributed by atoms with E-state index in [4.69, 9.17) is 14.6 Å². The first-order valence-electron chi connectivity index (χ1n) is 5.71. The Morgan fingerprint density at radius 2 is 1.77 bits per heavy atom. The molecule has 0 atom stereocenters. The molecule has 2 N–H and O–H groups in total. The van der Waals surface area contributed by atoms with E-state index >= 15 is 0 Å². The van der Waals surface area contributed by atoms with Gasteiger partial charge in [-0.15, -0.1) is 0 Å². The van der Waals surface area contributed by atoms with Crippen LogP contribution < -0.4 is 10.1 Å². The van der Waals surface area contributed by atoms with E-state index in [1.165, 1.54) is 6.07 Å². The number of pyridine rings is 1. The summed E-state index contributed by atoms with van der Waals surface area (Å²) >= 11 is 0. The van der Waals surface area contributed by atoms with E-state index in [-0.39, 0.29) is 12.0 Å². The molecular formula is C11H10F6N2O3. The Balaban J connectivity index is 0.000000295. The Bertz CT molecular complexity index is 496. The molecule has 0 aromatic carbocycles. The smallest absolute Gasteiger partial charge is 0.475 e. The maximum Gasteiger partial charge on any atom is 0.490 e. The molecule has 1 saturated heterocycles. The quantitative estimate of drug-likeness (QED) is 0.812. The number of rotatable bonds is 2. The molecule has 124 valence electrons. The second kappa shape index (κ2) is 6.81. The highest BCUT2D eigenvalue weighted by molar-refractivity contribution is 5.73. The van der Waals surface area contributed by atoms with Crippen molar-refractivity contribution in [3.8, 4) is 5.88 Å². The fraction of sp³-hybridized carbons (Fsp3) is 0.455. The van der Waals surface area contributed by atoms with Gasteiger partial charge in [-0.25, -0.2) is 9.78 Å². The van der Waals surface area contributed by atoms with Gasteiger partial charge in [0.2, 0.25) is 5.88 Å². The summed E-state index contributed by atoms with van der Waals surface area (Å²) in [6, 6.07) is 2.20. The Kier molecular flexibility index (Phi) is 5.58. The number of hydrogen-bond acceptors (Lipinski definition) is 4.